The fourth-order valence-electron chi connectivity index (χ4n) is 1.89. The third-order valence-corrected chi connectivity index (χ3v) is 2.82. The maximum Gasteiger partial charge on any atom is 0.128 e. The van der Waals surface area contributed by atoms with Gasteiger partial charge in [-0.05, 0) is 31.0 Å². The van der Waals surface area contributed by atoms with Crippen LogP contribution in [-0.4, -0.2) is 4.98 Å². The molecular weight excluding hydrogens is 210 g/mol. The molecule has 0 fully saturated rings. The molecule has 0 saturated carbocycles. The number of nitrogen functional groups attached to an aromatic ring is 1. The number of rotatable bonds is 2. The van der Waals surface area contributed by atoms with Crippen LogP contribution in [0.15, 0.2) is 36.5 Å². The van der Waals surface area contributed by atoms with E-state index in [4.69, 9.17) is 11.5 Å². The van der Waals surface area contributed by atoms with Crippen LogP contribution in [0.3, 0.4) is 0 Å². The molecular formula is C14H17N3. The Labute approximate surface area is 101 Å². The first-order chi connectivity index (χ1) is 8.08. The van der Waals surface area contributed by atoms with Crippen molar-refractivity contribution < 1.29 is 0 Å². The normalized spacial score (nSPS) is 12.4. The molecule has 2 rings (SSSR count). The molecule has 3 nitrogen and oxygen atoms in total. The van der Waals surface area contributed by atoms with Gasteiger partial charge >= 0.3 is 0 Å². The van der Waals surface area contributed by atoms with Crippen molar-refractivity contribution in [2.75, 3.05) is 5.73 Å². The van der Waals surface area contributed by atoms with Crippen molar-refractivity contribution in [3.63, 3.8) is 0 Å². The summed E-state index contributed by atoms with van der Waals surface area (Å²) in [4.78, 5) is 4.15. The summed E-state index contributed by atoms with van der Waals surface area (Å²) in [6.07, 6.45) is 1.75. The molecule has 0 saturated heterocycles. The standard InChI is InChI=1S/C14H17N3/c1-9-4-3-5-11(6-9)13(15)12-7-10(2)8-17-14(12)16/h3-8,13H,15H2,1-2H3,(H2,16,17). The van der Waals surface area contributed by atoms with E-state index in [0.717, 1.165) is 16.7 Å². The Balaban J connectivity index is 2.43. The van der Waals surface area contributed by atoms with E-state index in [0.29, 0.717) is 5.82 Å². The summed E-state index contributed by atoms with van der Waals surface area (Å²) in [7, 11) is 0. The molecule has 4 N–H and O–H groups in total. The van der Waals surface area contributed by atoms with E-state index in [9.17, 15) is 0 Å². The van der Waals surface area contributed by atoms with E-state index in [1.165, 1.54) is 5.56 Å². The monoisotopic (exact) mass is 227 g/mol. The van der Waals surface area contributed by atoms with Crippen LogP contribution < -0.4 is 11.5 Å². The average molecular weight is 227 g/mol. The Morgan fingerprint density at radius 1 is 1.12 bits per heavy atom. The van der Waals surface area contributed by atoms with Gasteiger partial charge in [-0.25, -0.2) is 4.98 Å². The van der Waals surface area contributed by atoms with Gasteiger partial charge in [-0.15, -0.1) is 0 Å². The van der Waals surface area contributed by atoms with Gasteiger partial charge in [0.05, 0.1) is 6.04 Å². The highest BCUT2D eigenvalue weighted by atomic mass is 14.8. The number of hydrogen-bond donors (Lipinski definition) is 2. The van der Waals surface area contributed by atoms with Crippen molar-refractivity contribution >= 4 is 5.82 Å². The molecule has 17 heavy (non-hydrogen) atoms. The van der Waals surface area contributed by atoms with Crippen molar-refractivity contribution in [3.05, 3.63) is 58.8 Å². The van der Waals surface area contributed by atoms with Crippen LogP contribution in [0.2, 0.25) is 0 Å². The minimum atomic E-state index is -0.220. The number of benzene rings is 1. The van der Waals surface area contributed by atoms with E-state index in [2.05, 4.69) is 11.1 Å². The lowest BCUT2D eigenvalue weighted by Gasteiger charge is -2.15. The highest BCUT2D eigenvalue weighted by molar-refractivity contribution is 5.47. The fraction of sp³-hybridized carbons (Fsp3) is 0.214. The molecule has 3 heteroatoms. The summed E-state index contributed by atoms with van der Waals surface area (Å²) in [5, 5.41) is 0. The molecule has 2 aromatic rings. The molecule has 1 aromatic carbocycles. The molecule has 1 atom stereocenters. The number of nitrogens with two attached hydrogens (primary N) is 2. The zero-order valence-electron chi connectivity index (χ0n) is 10.1. The molecule has 88 valence electrons. The van der Waals surface area contributed by atoms with Crippen LogP contribution in [0.5, 0.6) is 0 Å². The lowest BCUT2D eigenvalue weighted by atomic mass is 9.98. The second kappa shape index (κ2) is 4.55. The highest BCUT2D eigenvalue weighted by Gasteiger charge is 2.13. The van der Waals surface area contributed by atoms with Crippen molar-refractivity contribution in [3.8, 4) is 0 Å². The van der Waals surface area contributed by atoms with Gasteiger partial charge in [0.15, 0.2) is 0 Å². The molecule has 0 aliphatic heterocycles. The van der Waals surface area contributed by atoms with Crippen LogP contribution in [0.4, 0.5) is 5.82 Å². The Morgan fingerprint density at radius 3 is 2.59 bits per heavy atom. The SMILES string of the molecule is Cc1cccc(C(N)c2cc(C)cnc2N)c1. The maximum absolute atomic E-state index is 6.23. The van der Waals surface area contributed by atoms with Crippen molar-refractivity contribution in [1.29, 1.82) is 0 Å². The Hall–Kier alpha value is -1.87. The molecule has 0 amide bonds. The second-order valence-corrected chi connectivity index (χ2v) is 4.38. The van der Waals surface area contributed by atoms with Gasteiger partial charge < -0.3 is 11.5 Å². The summed E-state index contributed by atoms with van der Waals surface area (Å²) in [6.45, 7) is 4.03. The number of nitrogens with zero attached hydrogens (tertiary/aromatic N) is 1. The second-order valence-electron chi connectivity index (χ2n) is 4.38. The molecule has 1 unspecified atom stereocenters. The molecule has 1 heterocycles. The third-order valence-electron chi connectivity index (χ3n) is 2.82. The number of hydrogen-bond acceptors (Lipinski definition) is 3. The van der Waals surface area contributed by atoms with Crippen molar-refractivity contribution in [2.45, 2.75) is 19.9 Å². The maximum atomic E-state index is 6.23. The van der Waals surface area contributed by atoms with Gasteiger partial charge in [0, 0.05) is 11.8 Å². The first kappa shape index (κ1) is 11.6. The Morgan fingerprint density at radius 2 is 1.88 bits per heavy atom. The minimum Gasteiger partial charge on any atom is -0.383 e. The first-order valence-corrected chi connectivity index (χ1v) is 5.62. The summed E-state index contributed by atoms with van der Waals surface area (Å²) in [5.74, 6) is 0.504. The molecule has 1 aromatic heterocycles. The summed E-state index contributed by atoms with van der Waals surface area (Å²) >= 11 is 0. The van der Waals surface area contributed by atoms with Crippen LogP contribution in [-0.2, 0) is 0 Å². The lowest BCUT2D eigenvalue weighted by Crippen LogP contribution is -2.15. The van der Waals surface area contributed by atoms with Crippen molar-refractivity contribution in [2.24, 2.45) is 5.73 Å². The minimum absolute atomic E-state index is 0.220. The van der Waals surface area contributed by atoms with Gasteiger partial charge in [0.2, 0.25) is 0 Å². The highest BCUT2D eigenvalue weighted by Crippen LogP contribution is 2.24. The predicted molar refractivity (Wildman–Crippen MR) is 70.6 cm³/mol. The summed E-state index contributed by atoms with van der Waals surface area (Å²) in [5.41, 5.74) is 16.3. The number of pyridine rings is 1. The van der Waals surface area contributed by atoms with E-state index in [1.807, 2.05) is 38.1 Å². The molecule has 0 radical (unpaired) electrons. The lowest BCUT2D eigenvalue weighted by molar-refractivity contribution is 0.863. The van der Waals surface area contributed by atoms with Gasteiger partial charge in [-0.1, -0.05) is 29.8 Å². The van der Waals surface area contributed by atoms with Crippen LogP contribution in [0.25, 0.3) is 0 Å². The zero-order valence-corrected chi connectivity index (χ0v) is 10.1. The zero-order chi connectivity index (χ0) is 12.4. The van der Waals surface area contributed by atoms with Crippen LogP contribution in [0, 0.1) is 13.8 Å². The van der Waals surface area contributed by atoms with Gasteiger partial charge in [-0.3, -0.25) is 0 Å². The molecule has 0 aliphatic carbocycles. The van der Waals surface area contributed by atoms with Gasteiger partial charge in [0.1, 0.15) is 5.82 Å². The van der Waals surface area contributed by atoms with Crippen LogP contribution >= 0.6 is 0 Å². The summed E-state index contributed by atoms with van der Waals surface area (Å²) in [6, 6.07) is 9.92. The van der Waals surface area contributed by atoms with Crippen molar-refractivity contribution in [1.82, 2.24) is 4.98 Å². The van der Waals surface area contributed by atoms with E-state index in [-0.39, 0.29) is 6.04 Å². The quantitative estimate of drug-likeness (QED) is 0.827. The topological polar surface area (TPSA) is 64.9 Å². The number of anilines is 1. The smallest absolute Gasteiger partial charge is 0.128 e. The largest absolute Gasteiger partial charge is 0.383 e. The first-order valence-electron chi connectivity index (χ1n) is 5.62. The summed E-state index contributed by atoms with van der Waals surface area (Å²) < 4.78 is 0. The Bertz CT molecular complexity index is 535. The molecule has 0 bridgehead atoms. The molecule has 0 spiro atoms. The number of aryl methyl sites for hydroxylation is 2. The third kappa shape index (κ3) is 2.45. The van der Waals surface area contributed by atoms with E-state index >= 15 is 0 Å². The fourth-order valence-corrected chi connectivity index (χ4v) is 1.89. The molecule has 0 aliphatic rings. The van der Waals surface area contributed by atoms with Gasteiger partial charge in [0.25, 0.3) is 0 Å². The average Bonchev–Trinajstić information content (AvgIpc) is 2.31. The van der Waals surface area contributed by atoms with Gasteiger partial charge in [-0.2, -0.15) is 0 Å². The number of aromatic nitrogens is 1. The van der Waals surface area contributed by atoms with E-state index < -0.39 is 0 Å². The van der Waals surface area contributed by atoms with Crippen LogP contribution in [0.1, 0.15) is 28.3 Å². The Kier molecular flexibility index (Phi) is 3.11. The van der Waals surface area contributed by atoms with E-state index in [1.54, 1.807) is 6.20 Å². The predicted octanol–water partition coefficient (Wildman–Crippen LogP) is 2.33.